The second kappa shape index (κ2) is 5.38. The van der Waals surface area contributed by atoms with E-state index in [2.05, 4.69) is 25.5 Å². The van der Waals surface area contributed by atoms with Gasteiger partial charge >= 0.3 is 5.69 Å². The Morgan fingerprint density at radius 2 is 2.19 bits per heavy atom. The molecule has 0 aliphatic carbocycles. The van der Waals surface area contributed by atoms with E-state index in [1.807, 2.05) is 17.5 Å². The van der Waals surface area contributed by atoms with Crippen molar-refractivity contribution in [3.8, 4) is 9.88 Å². The normalized spacial score (nSPS) is 10.5. The van der Waals surface area contributed by atoms with Gasteiger partial charge < -0.3 is 11.1 Å². The van der Waals surface area contributed by atoms with Crippen molar-refractivity contribution in [1.82, 2.24) is 20.2 Å². The van der Waals surface area contributed by atoms with E-state index in [1.54, 1.807) is 0 Å². The number of nitrogens with zero attached hydrogens (tertiary/aromatic N) is 5. The SMILES string of the molecule is Nc1ncnc(Nc2nnc(-c3cccs3)s2)c1[N+](=O)[O-]. The third-order valence-electron chi connectivity index (χ3n) is 2.42. The third-order valence-corrected chi connectivity index (χ3v) is 4.29. The van der Waals surface area contributed by atoms with Crippen molar-refractivity contribution in [2.75, 3.05) is 11.1 Å². The summed E-state index contributed by atoms with van der Waals surface area (Å²) in [6.07, 6.45) is 1.14. The summed E-state index contributed by atoms with van der Waals surface area (Å²) in [5.74, 6) is -0.220. The Balaban J connectivity index is 1.91. The molecule has 0 saturated carbocycles. The molecule has 3 aromatic heterocycles. The van der Waals surface area contributed by atoms with E-state index in [1.165, 1.54) is 22.7 Å². The van der Waals surface area contributed by atoms with Crippen LogP contribution in [0.1, 0.15) is 0 Å². The molecule has 0 spiro atoms. The lowest BCUT2D eigenvalue weighted by Gasteiger charge is -2.02. The zero-order chi connectivity index (χ0) is 14.8. The molecular weight excluding hydrogens is 314 g/mol. The van der Waals surface area contributed by atoms with E-state index >= 15 is 0 Å². The number of nitro groups is 1. The fourth-order valence-corrected chi connectivity index (χ4v) is 3.07. The maximum atomic E-state index is 11.0. The lowest BCUT2D eigenvalue weighted by molar-refractivity contribution is -0.383. The van der Waals surface area contributed by atoms with Gasteiger partial charge in [0.1, 0.15) is 6.33 Å². The number of anilines is 3. The highest BCUT2D eigenvalue weighted by molar-refractivity contribution is 7.22. The molecule has 11 heteroatoms. The fourth-order valence-electron chi connectivity index (χ4n) is 1.54. The smallest absolute Gasteiger partial charge is 0.353 e. The average molecular weight is 321 g/mol. The highest BCUT2D eigenvalue weighted by atomic mass is 32.1. The van der Waals surface area contributed by atoms with Gasteiger partial charge in [0.2, 0.25) is 16.8 Å². The molecule has 0 aliphatic rings. The number of nitrogens with two attached hydrogens (primary N) is 1. The zero-order valence-corrected chi connectivity index (χ0v) is 11.9. The van der Waals surface area contributed by atoms with Crippen LogP contribution in [0, 0.1) is 10.1 Å². The maximum absolute atomic E-state index is 11.0. The summed E-state index contributed by atoms with van der Waals surface area (Å²) in [6, 6.07) is 3.82. The van der Waals surface area contributed by atoms with Gasteiger partial charge in [-0.2, -0.15) is 0 Å². The van der Waals surface area contributed by atoms with Crippen LogP contribution in [-0.2, 0) is 0 Å². The van der Waals surface area contributed by atoms with Gasteiger partial charge in [0.15, 0.2) is 5.01 Å². The standard InChI is InChI=1S/C10H7N7O2S2/c11-7-6(17(18)19)8(13-4-12-7)14-10-16-15-9(21-10)5-2-1-3-20-5/h1-4H,(H3,11,12,13,14,16). The predicted molar refractivity (Wildman–Crippen MR) is 79.6 cm³/mol. The lowest BCUT2D eigenvalue weighted by Crippen LogP contribution is -2.04. The van der Waals surface area contributed by atoms with E-state index in [-0.39, 0.29) is 17.3 Å². The summed E-state index contributed by atoms with van der Waals surface area (Å²) >= 11 is 2.80. The molecular formula is C10H7N7O2S2. The molecule has 0 saturated heterocycles. The van der Waals surface area contributed by atoms with Crippen molar-refractivity contribution >= 4 is 45.1 Å². The molecule has 0 aliphatic heterocycles. The van der Waals surface area contributed by atoms with Crippen LogP contribution in [0.3, 0.4) is 0 Å². The Labute approximate surface area is 125 Å². The van der Waals surface area contributed by atoms with Gasteiger partial charge in [0.25, 0.3) is 0 Å². The van der Waals surface area contributed by atoms with Crippen molar-refractivity contribution < 1.29 is 4.92 Å². The maximum Gasteiger partial charge on any atom is 0.353 e. The van der Waals surface area contributed by atoms with E-state index in [4.69, 9.17) is 5.73 Å². The number of hydrogen-bond acceptors (Lipinski definition) is 10. The van der Waals surface area contributed by atoms with Crippen LogP contribution in [0.25, 0.3) is 9.88 Å². The van der Waals surface area contributed by atoms with Crippen molar-refractivity contribution in [1.29, 1.82) is 0 Å². The first kappa shape index (κ1) is 13.3. The van der Waals surface area contributed by atoms with Crippen molar-refractivity contribution in [3.63, 3.8) is 0 Å². The van der Waals surface area contributed by atoms with Gasteiger partial charge in [-0.25, -0.2) is 9.97 Å². The minimum absolute atomic E-state index is 0.0126. The van der Waals surface area contributed by atoms with Crippen LogP contribution < -0.4 is 11.1 Å². The Kier molecular flexibility index (Phi) is 3.41. The van der Waals surface area contributed by atoms with E-state index < -0.39 is 4.92 Å². The second-order valence-electron chi connectivity index (χ2n) is 3.73. The topological polar surface area (TPSA) is 133 Å². The number of thiophene rings is 1. The summed E-state index contributed by atoms with van der Waals surface area (Å²) in [5, 5.41) is 24.8. The van der Waals surface area contributed by atoms with Crippen LogP contribution >= 0.6 is 22.7 Å². The van der Waals surface area contributed by atoms with Gasteiger partial charge in [0.05, 0.1) is 9.80 Å². The minimum atomic E-state index is -0.640. The second-order valence-corrected chi connectivity index (χ2v) is 5.65. The van der Waals surface area contributed by atoms with Crippen LogP contribution in [0.2, 0.25) is 0 Å². The third kappa shape index (κ3) is 2.64. The summed E-state index contributed by atoms with van der Waals surface area (Å²) in [4.78, 5) is 18.8. The van der Waals surface area contributed by atoms with Crippen molar-refractivity contribution in [2.24, 2.45) is 0 Å². The molecule has 3 rings (SSSR count). The largest absolute Gasteiger partial charge is 0.378 e. The zero-order valence-electron chi connectivity index (χ0n) is 10.3. The van der Waals surface area contributed by atoms with Gasteiger partial charge in [0, 0.05) is 0 Å². The number of nitrogens with one attached hydrogen (secondary N) is 1. The molecule has 0 aromatic carbocycles. The Morgan fingerprint density at radius 3 is 2.90 bits per heavy atom. The van der Waals surface area contributed by atoms with Gasteiger partial charge in [-0.05, 0) is 11.4 Å². The quantitative estimate of drug-likeness (QED) is 0.552. The van der Waals surface area contributed by atoms with E-state index in [0.29, 0.717) is 5.13 Å². The van der Waals surface area contributed by atoms with E-state index in [9.17, 15) is 10.1 Å². The van der Waals surface area contributed by atoms with Crippen LogP contribution in [0.15, 0.2) is 23.8 Å². The number of aromatic nitrogens is 4. The minimum Gasteiger partial charge on any atom is -0.378 e. The molecule has 106 valence electrons. The summed E-state index contributed by atoms with van der Waals surface area (Å²) in [7, 11) is 0. The summed E-state index contributed by atoms with van der Waals surface area (Å²) < 4.78 is 0. The molecule has 21 heavy (non-hydrogen) atoms. The molecule has 9 nitrogen and oxygen atoms in total. The monoisotopic (exact) mass is 321 g/mol. The molecule has 0 unspecified atom stereocenters. The predicted octanol–water partition coefficient (Wildman–Crippen LogP) is 2.29. The Hall–Kier alpha value is -2.66. The summed E-state index contributed by atoms with van der Waals surface area (Å²) in [5.41, 5.74) is 5.11. The van der Waals surface area contributed by atoms with Gasteiger partial charge in [-0.3, -0.25) is 10.1 Å². The Bertz CT molecular complexity index is 787. The summed E-state index contributed by atoms with van der Waals surface area (Å²) in [6.45, 7) is 0. The first-order valence-corrected chi connectivity index (χ1v) is 7.24. The molecule has 3 N–H and O–H groups in total. The van der Waals surface area contributed by atoms with Crippen molar-refractivity contribution in [3.05, 3.63) is 34.0 Å². The highest BCUT2D eigenvalue weighted by Crippen LogP contribution is 2.33. The molecule has 3 heterocycles. The molecule has 0 amide bonds. The lowest BCUT2D eigenvalue weighted by atomic mass is 10.4. The number of rotatable bonds is 4. The van der Waals surface area contributed by atoms with Gasteiger partial charge in [-0.15, -0.1) is 21.5 Å². The fraction of sp³-hybridized carbons (Fsp3) is 0. The van der Waals surface area contributed by atoms with Crippen LogP contribution in [0.4, 0.5) is 22.5 Å². The Morgan fingerprint density at radius 1 is 1.33 bits per heavy atom. The number of hydrogen-bond donors (Lipinski definition) is 2. The molecule has 3 aromatic rings. The van der Waals surface area contributed by atoms with Gasteiger partial charge in [-0.1, -0.05) is 17.4 Å². The molecule has 0 fully saturated rings. The van der Waals surface area contributed by atoms with Crippen LogP contribution in [0.5, 0.6) is 0 Å². The first-order valence-electron chi connectivity index (χ1n) is 5.54. The average Bonchev–Trinajstić information content (AvgIpc) is 3.08. The highest BCUT2D eigenvalue weighted by Gasteiger charge is 2.22. The van der Waals surface area contributed by atoms with E-state index in [0.717, 1.165) is 16.2 Å². The van der Waals surface area contributed by atoms with Crippen LogP contribution in [-0.4, -0.2) is 25.1 Å². The molecule has 0 bridgehead atoms. The first-order chi connectivity index (χ1) is 10.1. The van der Waals surface area contributed by atoms with Crippen molar-refractivity contribution in [2.45, 2.75) is 0 Å². The number of nitrogen functional groups attached to an aromatic ring is 1. The molecule has 0 atom stereocenters. The molecule has 0 radical (unpaired) electrons.